The van der Waals surface area contributed by atoms with Crippen LogP contribution in [0.3, 0.4) is 0 Å². The summed E-state index contributed by atoms with van der Waals surface area (Å²) in [5.41, 5.74) is 3.36. The van der Waals surface area contributed by atoms with E-state index in [1.807, 2.05) is 38.1 Å². The van der Waals surface area contributed by atoms with Crippen LogP contribution >= 0.6 is 0 Å². The summed E-state index contributed by atoms with van der Waals surface area (Å²) in [6.07, 6.45) is 1.92. The van der Waals surface area contributed by atoms with Crippen molar-refractivity contribution in [3.8, 4) is 11.1 Å². The molecule has 7 nitrogen and oxygen atoms in total. The molecule has 1 saturated carbocycles. The van der Waals surface area contributed by atoms with Gasteiger partial charge in [0.05, 0.1) is 0 Å². The van der Waals surface area contributed by atoms with Gasteiger partial charge in [0, 0.05) is 12.5 Å². The highest BCUT2D eigenvalue weighted by Gasteiger charge is 2.54. The zero-order valence-corrected chi connectivity index (χ0v) is 20.2. The number of fused-ring (bicyclic) bond motifs is 6. The molecule has 2 aliphatic carbocycles. The maximum absolute atomic E-state index is 13.6. The first-order valence-electron chi connectivity index (χ1n) is 12.5. The average molecular weight is 477 g/mol. The SMILES string of the molecule is CC(C)[C@@H](NC(=O)OCC1c2ccccc2-c2ccccc21)C(=O)N1CC2CCC1(C(=O)O)CC2. The number of amides is 2. The number of carbonyl (C=O) groups is 3. The molecule has 4 aliphatic rings. The van der Waals surface area contributed by atoms with Crippen molar-refractivity contribution >= 4 is 18.0 Å². The minimum atomic E-state index is -1.16. The number of piperidine rings is 2. The van der Waals surface area contributed by atoms with Crippen molar-refractivity contribution in [2.24, 2.45) is 11.8 Å². The van der Waals surface area contributed by atoms with Crippen molar-refractivity contribution in [3.63, 3.8) is 0 Å². The van der Waals surface area contributed by atoms with E-state index in [0.717, 1.165) is 35.1 Å². The Balaban J connectivity index is 1.29. The van der Waals surface area contributed by atoms with Gasteiger partial charge in [-0.2, -0.15) is 0 Å². The predicted molar refractivity (Wildman–Crippen MR) is 131 cm³/mol. The number of aliphatic carboxylic acids is 1. The smallest absolute Gasteiger partial charge is 0.407 e. The topological polar surface area (TPSA) is 95.9 Å². The molecule has 6 rings (SSSR count). The van der Waals surface area contributed by atoms with Gasteiger partial charge in [-0.05, 0) is 59.8 Å². The molecule has 0 spiro atoms. The van der Waals surface area contributed by atoms with Gasteiger partial charge in [-0.3, -0.25) is 4.79 Å². The zero-order valence-electron chi connectivity index (χ0n) is 20.2. The van der Waals surface area contributed by atoms with Gasteiger partial charge in [-0.1, -0.05) is 62.4 Å². The van der Waals surface area contributed by atoms with Gasteiger partial charge >= 0.3 is 12.1 Å². The summed E-state index contributed by atoms with van der Waals surface area (Å²) in [5, 5.41) is 12.8. The standard InChI is InChI=1S/C28H32N2O5/c1-17(2)24(25(31)30-15-18-11-13-28(30,14-12-18)26(32)33)29-27(34)35-16-23-21-9-5-3-7-19(21)20-8-4-6-10-22(20)23/h3-10,17-18,23-24H,11-16H2,1-2H3,(H,29,34)(H,32,33)/t18?,24-,28?/m1/s1. The Kier molecular flexibility index (Phi) is 6.03. The molecule has 2 aromatic rings. The number of nitrogens with zero attached hydrogens (tertiary/aromatic N) is 1. The van der Waals surface area contributed by atoms with Crippen LogP contribution in [0.4, 0.5) is 4.79 Å². The number of carbonyl (C=O) groups excluding carboxylic acids is 2. The van der Waals surface area contributed by atoms with Crippen LogP contribution in [-0.4, -0.2) is 52.7 Å². The quantitative estimate of drug-likeness (QED) is 0.644. The fourth-order valence-corrected chi connectivity index (χ4v) is 6.12. The highest BCUT2D eigenvalue weighted by molar-refractivity contribution is 5.92. The number of nitrogens with one attached hydrogen (secondary N) is 1. The normalized spacial score (nSPS) is 23.5. The Hall–Kier alpha value is -3.35. The first-order valence-corrected chi connectivity index (χ1v) is 12.5. The van der Waals surface area contributed by atoms with Gasteiger partial charge < -0.3 is 20.1 Å². The number of hydrogen-bond donors (Lipinski definition) is 2. The highest BCUT2D eigenvalue weighted by atomic mass is 16.5. The van der Waals surface area contributed by atoms with Crippen molar-refractivity contribution in [1.29, 1.82) is 0 Å². The van der Waals surface area contributed by atoms with Crippen LogP contribution in [0, 0.1) is 11.8 Å². The van der Waals surface area contributed by atoms with Crippen LogP contribution in [0.2, 0.25) is 0 Å². The van der Waals surface area contributed by atoms with Gasteiger partial charge in [-0.15, -0.1) is 0 Å². The third kappa shape index (κ3) is 3.97. The van der Waals surface area contributed by atoms with E-state index in [1.165, 1.54) is 4.90 Å². The van der Waals surface area contributed by atoms with Crippen molar-refractivity contribution in [2.45, 2.75) is 57.0 Å². The number of benzene rings is 2. The van der Waals surface area contributed by atoms with E-state index in [2.05, 4.69) is 29.6 Å². The van der Waals surface area contributed by atoms with Crippen molar-refractivity contribution in [2.75, 3.05) is 13.2 Å². The van der Waals surface area contributed by atoms with Gasteiger partial charge in [0.25, 0.3) is 0 Å². The van der Waals surface area contributed by atoms with Gasteiger partial charge in [0.1, 0.15) is 18.2 Å². The van der Waals surface area contributed by atoms with Crippen LogP contribution in [0.25, 0.3) is 11.1 Å². The summed E-state index contributed by atoms with van der Waals surface area (Å²) in [4.78, 5) is 40.2. The van der Waals surface area contributed by atoms with E-state index in [4.69, 9.17) is 4.74 Å². The fourth-order valence-electron chi connectivity index (χ4n) is 6.12. The molecular formula is C28H32N2O5. The van der Waals surface area contributed by atoms with Crippen molar-refractivity contribution in [3.05, 3.63) is 59.7 Å². The third-order valence-electron chi connectivity index (χ3n) is 8.10. The fraction of sp³-hybridized carbons (Fsp3) is 0.464. The Bertz CT molecular complexity index is 1110. The number of ether oxygens (including phenoxy) is 1. The van der Waals surface area contributed by atoms with E-state index >= 15 is 0 Å². The lowest BCUT2D eigenvalue weighted by molar-refractivity contribution is -0.171. The lowest BCUT2D eigenvalue weighted by atomic mass is 9.70. The van der Waals surface area contributed by atoms with E-state index in [-0.39, 0.29) is 24.3 Å². The Morgan fingerprint density at radius 2 is 1.60 bits per heavy atom. The van der Waals surface area contributed by atoms with E-state index < -0.39 is 23.6 Å². The maximum atomic E-state index is 13.6. The van der Waals surface area contributed by atoms with Crippen molar-refractivity contribution < 1.29 is 24.2 Å². The predicted octanol–water partition coefficient (Wildman–Crippen LogP) is 4.41. The minimum absolute atomic E-state index is 0.0746. The van der Waals surface area contributed by atoms with Crippen LogP contribution < -0.4 is 5.32 Å². The van der Waals surface area contributed by atoms with Crippen LogP contribution in [0.5, 0.6) is 0 Å². The summed E-state index contributed by atoms with van der Waals surface area (Å²) in [5.74, 6) is -1.25. The minimum Gasteiger partial charge on any atom is -0.479 e. The van der Waals surface area contributed by atoms with Gasteiger partial charge in [-0.25, -0.2) is 9.59 Å². The first kappa shape index (κ1) is 23.4. The maximum Gasteiger partial charge on any atom is 0.407 e. The van der Waals surface area contributed by atoms with Crippen LogP contribution in [-0.2, 0) is 14.3 Å². The summed E-state index contributed by atoms with van der Waals surface area (Å²) in [7, 11) is 0. The Morgan fingerprint density at radius 3 is 2.14 bits per heavy atom. The number of alkyl carbamates (subject to hydrolysis) is 1. The Labute approximate surface area is 205 Å². The third-order valence-corrected chi connectivity index (χ3v) is 8.10. The molecule has 2 bridgehead atoms. The molecule has 3 fully saturated rings. The first-order chi connectivity index (χ1) is 16.8. The second kappa shape index (κ2) is 9.02. The second-order valence-corrected chi connectivity index (χ2v) is 10.4. The van der Waals surface area contributed by atoms with Crippen LogP contribution in [0.15, 0.2) is 48.5 Å². The van der Waals surface area contributed by atoms with E-state index in [9.17, 15) is 19.5 Å². The molecule has 184 valence electrons. The zero-order chi connectivity index (χ0) is 24.7. The Morgan fingerprint density at radius 1 is 1.03 bits per heavy atom. The molecule has 2 N–H and O–H groups in total. The highest BCUT2D eigenvalue weighted by Crippen LogP contribution is 2.45. The summed E-state index contributed by atoms with van der Waals surface area (Å²) in [6, 6.07) is 15.4. The molecule has 2 saturated heterocycles. The van der Waals surface area contributed by atoms with Crippen molar-refractivity contribution in [1.82, 2.24) is 10.2 Å². The van der Waals surface area contributed by atoms with E-state index in [0.29, 0.717) is 25.3 Å². The molecule has 2 heterocycles. The van der Waals surface area contributed by atoms with Gasteiger partial charge in [0.2, 0.25) is 5.91 Å². The summed E-state index contributed by atoms with van der Waals surface area (Å²) in [6.45, 7) is 4.29. The number of rotatable bonds is 6. The molecule has 0 radical (unpaired) electrons. The summed E-state index contributed by atoms with van der Waals surface area (Å²) < 4.78 is 5.66. The number of carboxylic acids is 1. The largest absolute Gasteiger partial charge is 0.479 e. The molecular weight excluding hydrogens is 444 g/mol. The average Bonchev–Trinajstić information content (AvgIpc) is 3.19. The number of hydrogen-bond acceptors (Lipinski definition) is 4. The van der Waals surface area contributed by atoms with E-state index in [1.54, 1.807) is 0 Å². The lowest BCUT2D eigenvalue weighted by Gasteiger charge is -2.52. The molecule has 35 heavy (non-hydrogen) atoms. The molecule has 0 unspecified atom stereocenters. The molecule has 2 aromatic carbocycles. The molecule has 0 aromatic heterocycles. The summed E-state index contributed by atoms with van der Waals surface area (Å²) >= 11 is 0. The molecule has 2 amide bonds. The van der Waals surface area contributed by atoms with Gasteiger partial charge in [0.15, 0.2) is 0 Å². The van der Waals surface area contributed by atoms with Crippen LogP contribution in [0.1, 0.15) is 56.6 Å². The molecule has 2 aliphatic heterocycles. The second-order valence-electron chi connectivity index (χ2n) is 10.4. The lowest BCUT2D eigenvalue weighted by Crippen LogP contribution is -2.67. The molecule has 7 heteroatoms. The molecule has 1 atom stereocenters. The monoisotopic (exact) mass is 476 g/mol. The number of carboxylic acid groups (broad SMARTS) is 1.